The minimum atomic E-state index is -2.93. The Morgan fingerprint density at radius 3 is 1.04 bits per heavy atom. The fourth-order valence-corrected chi connectivity index (χ4v) is 16.2. The summed E-state index contributed by atoms with van der Waals surface area (Å²) in [7, 11) is 3.80. The number of pyridine rings is 5. The van der Waals surface area contributed by atoms with Crippen molar-refractivity contribution in [2.24, 2.45) is 25.9 Å². The summed E-state index contributed by atoms with van der Waals surface area (Å²) in [5.41, 5.74) is 15.1. The van der Waals surface area contributed by atoms with Crippen LogP contribution in [0.5, 0.6) is 11.8 Å². The maximum absolute atomic E-state index is 14.3. The van der Waals surface area contributed by atoms with Crippen LogP contribution in [0.3, 0.4) is 0 Å². The number of carbonyl (C=O) groups is 5. The van der Waals surface area contributed by atoms with E-state index in [9.17, 15) is 67.9 Å². The number of alkyl halides is 6. The maximum Gasteiger partial charge on any atom is 0.345 e. The molecule has 23 nitrogen and oxygen atoms in total. The number of aryl methyl sites for hydroxylation is 2. The monoisotopic (exact) mass is 1650 g/mol. The molecular formula is C86H83F10N11O12. The van der Waals surface area contributed by atoms with E-state index in [1.54, 1.807) is 43.1 Å². The molecule has 0 aliphatic carbocycles. The number of Topliss-reactive ketones (excluding diaryl/α,β-unsaturated/α-hetero) is 5. The molecule has 624 valence electrons. The zero-order valence-corrected chi connectivity index (χ0v) is 66.1. The Morgan fingerprint density at radius 2 is 0.739 bits per heavy atom. The normalized spacial score (nSPS) is 21.1. The van der Waals surface area contributed by atoms with Crippen molar-refractivity contribution in [3.05, 3.63) is 201 Å². The van der Waals surface area contributed by atoms with Gasteiger partial charge in [-0.25, -0.2) is 47.2 Å². The van der Waals surface area contributed by atoms with Crippen molar-refractivity contribution >= 4 is 28.9 Å². The summed E-state index contributed by atoms with van der Waals surface area (Å²) in [4.78, 5) is 81.0. The van der Waals surface area contributed by atoms with Crippen LogP contribution in [-0.4, -0.2) is 140 Å². The Hall–Kier alpha value is -11.1. The molecule has 8 aromatic heterocycles. The van der Waals surface area contributed by atoms with Crippen molar-refractivity contribution in [1.82, 2.24) is 54.3 Å². The topological polar surface area (TPSA) is 268 Å². The van der Waals surface area contributed by atoms with Crippen LogP contribution in [0.25, 0.3) is 55.6 Å². The Bertz CT molecular complexity index is 5300. The number of rotatable bonds is 17. The number of hydrogen-bond donors (Lipinski definition) is 0. The third kappa shape index (κ3) is 18.7. The molecule has 33 heteroatoms. The van der Waals surface area contributed by atoms with Gasteiger partial charge in [0.2, 0.25) is 11.8 Å². The van der Waals surface area contributed by atoms with Crippen LogP contribution in [0.1, 0.15) is 209 Å². The molecule has 0 N–H and O–H groups in total. The molecule has 0 saturated carbocycles. The van der Waals surface area contributed by atoms with Crippen LogP contribution in [0, 0.1) is 35.1 Å². The highest BCUT2D eigenvalue weighted by Gasteiger charge is 2.42. The highest BCUT2D eigenvalue weighted by Crippen LogP contribution is 2.48. The first-order valence-corrected chi connectivity index (χ1v) is 38.8. The molecule has 18 rings (SSSR count). The number of halogens is 10. The quantitative estimate of drug-likeness (QED) is 0.0605. The van der Waals surface area contributed by atoms with Crippen LogP contribution in [0.2, 0.25) is 0 Å². The van der Waals surface area contributed by atoms with Crippen LogP contribution in [-0.2, 0) is 69.9 Å². The molecule has 10 aromatic rings. The van der Waals surface area contributed by atoms with E-state index in [2.05, 4.69) is 49.7 Å². The van der Waals surface area contributed by atoms with Crippen molar-refractivity contribution in [1.29, 1.82) is 0 Å². The van der Waals surface area contributed by atoms with Gasteiger partial charge < -0.3 is 33.2 Å². The van der Waals surface area contributed by atoms with E-state index in [1.165, 1.54) is 68.6 Å². The number of aromatic nitrogens is 11. The third-order valence-corrected chi connectivity index (χ3v) is 22.2. The predicted molar refractivity (Wildman–Crippen MR) is 409 cm³/mol. The molecule has 6 bridgehead atoms. The van der Waals surface area contributed by atoms with E-state index >= 15 is 0 Å². The van der Waals surface area contributed by atoms with E-state index < -0.39 is 55.2 Å². The maximum atomic E-state index is 14.3. The lowest BCUT2D eigenvalue weighted by Gasteiger charge is -2.32. The molecule has 10 atom stereocenters. The molecule has 0 amide bonds. The fraction of sp³-hybridized carbons (Fsp3) is 0.407. The van der Waals surface area contributed by atoms with Gasteiger partial charge in [0.05, 0.1) is 67.2 Å². The van der Waals surface area contributed by atoms with Crippen molar-refractivity contribution in [2.75, 3.05) is 13.2 Å². The van der Waals surface area contributed by atoms with Gasteiger partial charge in [-0.05, 0) is 162 Å². The zero-order chi connectivity index (χ0) is 84.7. The Morgan fingerprint density at radius 1 is 0.412 bits per heavy atom. The summed E-state index contributed by atoms with van der Waals surface area (Å²) in [5, 5.41) is 12.2. The molecule has 0 unspecified atom stereocenters. The first-order chi connectivity index (χ1) is 56.8. The highest BCUT2D eigenvalue weighted by atomic mass is 19.3. The van der Waals surface area contributed by atoms with Crippen molar-refractivity contribution in [3.8, 4) is 67.4 Å². The number of ether oxygens (including phenoxy) is 7. The van der Waals surface area contributed by atoms with E-state index in [1.807, 2.05) is 51.0 Å². The highest BCUT2D eigenvalue weighted by molar-refractivity contribution is 5.97. The molecule has 2 aromatic carbocycles. The van der Waals surface area contributed by atoms with Gasteiger partial charge in [-0.3, -0.25) is 33.3 Å². The number of carbonyl (C=O) groups excluding carboxylic acids is 5. The van der Waals surface area contributed by atoms with E-state index in [4.69, 9.17) is 23.7 Å². The van der Waals surface area contributed by atoms with Gasteiger partial charge in [0, 0.05) is 138 Å². The lowest BCUT2D eigenvalue weighted by atomic mass is 9.88. The van der Waals surface area contributed by atoms with Crippen LogP contribution >= 0.6 is 0 Å². The van der Waals surface area contributed by atoms with Gasteiger partial charge in [-0.2, -0.15) is 41.6 Å². The fourth-order valence-electron chi connectivity index (χ4n) is 16.2. The summed E-state index contributed by atoms with van der Waals surface area (Å²) < 4.78 is 172. The minimum Gasteiger partial charge on any atom is -0.471 e. The predicted octanol–water partition coefficient (Wildman–Crippen LogP) is 17.1. The molecule has 0 spiro atoms. The smallest absolute Gasteiger partial charge is 0.345 e. The lowest BCUT2D eigenvalue weighted by molar-refractivity contribution is -0.151. The number of nitrogens with zero attached hydrogens (tertiary/aromatic N) is 11. The third-order valence-electron chi connectivity index (χ3n) is 22.2. The van der Waals surface area contributed by atoms with Gasteiger partial charge >= 0.3 is 19.8 Å². The average molecular weight is 1650 g/mol. The first-order valence-electron chi connectivity index (χ1n) is 38.8. The van der Waals surface area contributed by atoms with Crippen molar-refractivity contribution in [2.45, 2.75) is 188 Å². The summed E-state index contributed by atoms with van der Waals surface area (Å²) >= 11 is 0. The molecular weight excluding hydrogens is 1570 g/mol. The Balaban J connectivity index is 0.000000122. The average Bonchev–Trinajstić information content (AvgIpc) is 1.75. The summed E-state index contributed by atoms with van der Waals surface area (Å²) in [6, 6.07) is 14.7. The molecule has 3 fully saturated rings. The first kappa shape index (κ1) is 84.3. The number of hydrogen-bond acceptors (Lipinski definition) is 20. The zero-order valence-electron chi connectivity index (χ0n) is 66.1. The molecule has 0 radical (unpaired) electrons. The molecule has 119 heavy (non-hydrogen) atoms. The lowest BCUT2D eigenvalue weighted by Crippen LogP contribution is -2.36. The minimum absolute atomic E-state index is 0.0111. The molecule has 16 heterocycles. The largest absolute Gasteiger partial charge is 0.471 e. The molecule has 8 aliphatic heterocycles. The number of fused-ring (bicyclic) bond motifs is 14. The van der Waals surface area contributed by atoms with E-state index in [0.717, 1.165) is 126 Å². The van der Waals surface area contributed by atoms with Gasteiger partial charge in [-0.15, -0.1) is 0 Å². The summed E-state index contributed by atoms with van der Waals surface area (Å²) in [6.07, 6.45) is 18.8. The van der Waals surface area contributed by atoms with E-state index in [-0.39, 0.29) is 113 Å². The molecule has 3 saturated heterocycles. The van der Waals surface area contributed by atoms with Gasteiger partial charge in [-0.1, -0.05) is 13.8 Å². The van der Waals surface area contributed by atoms with Gasteiger partial charge in [0.15, 0.2) is 28.9 Å². The van der Waals surface area contributed by atoms with Crippen molar-refractivity contribution in [3.63, 3.8) is 0 Å². The van der Waals surface area contributed by atoms with Gasteiger partial charge in [0.1, 0.15) is 82.3 Å². The second-order valence-electron chi connectivity index (χ2n) is 30.7. The SMILES string of the molecule is CC(=O)c1cc(-c2ccc(F)cc2F)c2c(n1)O[C@@H](COC(F)F)[C@@H](C)C2.CC(=O)c1cc(-c2ccc(F)cc2F)c2c(n1)O[C@@H](COC(F)F)[C@H](C)C2.CC(=O)c1cc(-c2cnn(C(F)F)c2)c2c(n1)[C@H]1CC[C@@H](C2)O1.CC(=O)c1cc(-c2cnn(C)c2)c2c(n1)[C@@H]1CC[C@H](C2)O1.CC(=O)c1cc(-c2cnn(C)c2)c2c(n1)[C@H]1CC[C@@H](C2)O1. The summed E-state index contributed by atoms with van der Waals surface area (Å²) in [5.74, 6) is -4.23. The van der Waals surface area contributed by atoms with E-state index in [0.29, 0.717) is 81.1 Å². The number of benzene rings is 2. The Labute approximate surface area is 676 Å². The van der Waals surface area contributed by atoms with Crippen LogP contribution < -0.4 is 9.47 Å². The standard InChI is InChI=1S/2C19H17F4NO3.C16H15F2N3O2.2C16H17N3O2/c2*1-9-5-14-13(12-4-3-11(20)6-15(12)21)7-16(10(2)25)24-18(14)27-17(9)8-26-19(22)23;1-8(22)13-5-11(9-6-19-21(7-9)16(17)18)12-4-10-2-3-14(23-10)15(12)20-13;2*1-9(20)14-6-12(10-7-17-19(2)8-10)13-5-11-3-4-15(21-11)16(13)18-14/h2*3-4,6-7,9,17,19H,5,8H2,1-2H3;5-7,10,14,16H,2-4H2,1H3;2*6-8,11,15H,3-5H2,1-2H3/t9-,17+;9-,17-;10-,14+;2*11-,15+/m10010/s1. The second kappa shape index (κ2) is 35.4. The number of ketones is 5. The van der Waals surface area contributed by atoms with Crippen molar-refractivity contribution < 1.29 is 101 Å². The van der Waals surface area contributed by atoms with Crippen LogP contribution in [0.4, 0.5) is 43.9 Å². The van der Waals surface area contributed by atoms with Crippen LogP contribution in [0.15, 0.2) is 104 Å². The second-order valence-corrected chi connectivity index (χ2v) is 30.7. The Kier molecular flexibility index (Phi) is 25.1. The van der Waals surface area contributed by atoms with Gasteiger partial charge in [0.25, 0.3) is 0 Å². The summed E-state index contributed by atoms with van der Waals surface area (Å²) in [6.45, 7) is 1.49. The molecule has 8 aliphatic rings.